The van der Waals surface area contributed by atoms with Gasteiger partial charge in [0.05, 0.1) is 0 Å². The van der Waals surface area contributed by atoms with Crippen molar-refractivity contribution in [3.05, 3.63) is 85.0 Å². The van der Waals surface area contributed by atoms with Crippen molar-refractivity contribution in [3.8, 4) is 0 Å². The monoisotopic (exact) mass is 282 g/mol. The molecule has 0 saturated heterocycles. The van der Waals surface area contributed by atoms with Gasteiger partial charge in [-0.3, -0.25) is 0 Å². The Morgan fingerprint density at radius 3 is 1.41 bits per heavy atom. The second kappa shape index (κ2) is 4.99. The van der Waals surface area contributed by atoms with Gasteiger partial charge >= 0.3 is 0 Å². The zero-order chi connectivity index (χ0) is 15.1. The zero-order valence-corrected chi connectivity index (χ0v) is 12.6. The van der Waals surface area contributed by atoms with Gasteiger partial charge in [0.25, 0.3) is 0 Å². The van der Waals surface area contributed by atoms with Crippen LogP contribution in [0.15, 0.2) is 73.8 Å². The van der Waals surface area contributed by atoms with E-state index in [4.69, 9.17) is 0 Å². The SMILES string of the molecule is C=CCc1ccc2ccc3ccc(CC=C)c4ccc1c2c34. The van der Waals surface area contributed by atoms with Crippen LogP contribution in [0.5, 0.6) is 0 Å². The smallest absolute Gasteiger partial charge is 0.00238 e. The average molecular weight is 282 g/mol. The van der Waals surface area contributed by atoms with Gasteiger partial charge in [-0.2, -0.15) is 0 Å². The van der Waals surface area contributed by atoms with E-state index in [1.165, 1.54) is 43.4 Å². The number of hydrogen-bond acceptors (Lipinski definition) is 0. The molecule has 4 aromatic carbocycles. The predicted molar refractivity (Wildman–Crippen MR) is 97.9 cm³/mol. The summed E-state index contributed by atoms with van der Waals surface area (Å²) in [7, 11) is 0. The predicted octanol–water partition coefficient (Wildman–Crippen LogP) is 6.04. The van der Waals surface area contributed by atoms with E-state index in [9.17, 15) is 0 Å². The first-order valence-electron chi connectivity index (χ1n) is 7.73. The van der Waals surface area contributed by atoms with E-state index in [1.807, 2.05) is 12.2 Å². The maximum atomic E-state index is 3.89. The Labute approximate surface area is 130 Å². The first kappa shape index (κ1) is 13.1. The summed E-state index contributed by atoms with van der Waals surface area (Å²) in [6.45, 7) is 7.78. The zero-order valence-electron chi connectivity index (χ0n) is 12.6. The number of allylic oxidation sites excluding steroid dienone is 2. The molecular formula is C22H18. The highest BCUT2D eigenvalue weighted by Crippen LogP contribution is 2.37. The Morgan fingerprint density at radius 1 is 0.591 bits per heavy atom. The fourth-order valence-electron chi connectivity index (χ4n) is 3.59. The molecule has 0 N–H and O–H groups in total. The van der Waals surface area contributed by atoms with Crippen LogP contribution in [0.1, 0.15) is 11.1 Å². The van der Waals surface area contributed by atoms with E-state index >= 15 is 0 Å². The van der Waals surface area contributed by atoms with Gasteiger partial charge in [-0.25, -0.2) is 0 Å². The van der Waals surface area contributed by atoms with Gasteiger partial charge in [0.2, 0.25) is 0 Å². The molecule has 0 nitrogen and oxygen atoms in total. The van der Waals surface area contributed by atoms with Crippen LogP contribution in [0.2, 0.25) is 0 Å². The fourth-order valence-corrected chi connectivity index (χ4v) is 3.59. The van der Waals surface area contributed by atoms with Crippen molar-refractivity contribution in [2.24, 2.45) is 0 Å². The lowest BCUT2D eigenvalue weighted by Gasteiger charge is -2.15. The lowest BCUT2D eigenvalue weighted by molar-refractivity contribution is 1.31. The first-order chi connectivity index (χ1) is 10.8. The second-order valence-corrected chi connectivity index (χ2v) is 5.86. The summed E-state index contributed by atoms with van der Waals surface area (Å²) in [5, 5.41) is 8.12. The third-order valence-electron chi connectivity index (χ3n) is 4.57. The molecular weight excluding hydrogens is 264 g/mol. The van der Waals surface area contributed by atoms with E-state index < -0.39 is 0 Å². The normalized spacial score (nSPS) is 11.5. The second-order valence-electron chi connectivity index (χ2n) is 5.86. The van der Waals surface area contributed by atoms with E-state index in [0.29, 0.717) is 0 Å². The summed E-state index contributed by atoms with van der Waals surface area (Å²) in [5.74, 6) is 0. The highest BCUT2D eigenvalue weighted by Gasteiger charge is 2.12. The minimum Gasteiger partial charge on any atom is -0.103 e. The standard InChI is InChI=1S/C22H18/c1-3-5-15-7-9-17-11-12-18-10-8-16(6-4-2)20-14-13-19(15)21(17)22(18)20/h3-4,7-14H,1-2,5-6H2. The summed E-state index contributed by atoms with van der Waals surface area (Å²) in [6.07, 6.45) is 5.78. The van der Waals surface area contributed by atoms with Crippen LogP contribution < -0.4 is 0 Å². The summed E-state index contributed by atoms with van der Waals surface area (Å²) < 4.78 is 0. The summed E-state index contributed by atoms with van der Waals surface area (Å²) >= 11 is 0. The molecule has 0 saturated carbocycles. The largest absolute Gasteiger partial charge is 0.103 e. The van der Waals surface area contributed by atoms with Crippen LogP contribution in [0.25, 0.3) is 32.3 Å². The topological polar surface area (TPSA) is 0 Å². The summed E-state index contributed by atoms with van der Waals surface area (Å²) in [4.78, 5) is 0. The van der Waals surface area contributed by atoms with Crippen molar-refractivity contribution in [3.63, 3.8) is 0 Å². The quantitative estimate of drug-likeness (QED) is 0.316. The Hall–Kier alpha value is -2.60. The molecule has 0 bridgehead atoms. The molecule has 0 unspecified atom stereocenters. The Balaban J connectivity index is 2.22. The number of benzene rings is 4. The van der Waals surface area contributed by atoms with Crippen LogP contribution in [-0.2, 0) is 12.8 Å². The van der Waals surface area contributed by atoms with Gasteiger partial charge in [0.1, 0.15) is 0 Å². The summed E-state index contributed by atoms with van der Waals surface area (Å²) in [6, 6.07) is 17.9. The Morgan fingerprint density at radius 2 is 1.00 bits per heavy atom. The molecule has 0 aliphatic heterocycles. The van der Waals surface area contributed by atoms with Crippen LogP contribution in [0, 0.1) is 0 Å². The third kappa shape index (κ3) is 1.77. The van der Waals surface area contributed by atoms with Crippen LogP contribution in [0.3, 0.4) is 0 Å². The van der Waals surface area contributed by atoms with Crippen LogP contribution in [-0.4, -0.2) is 0 Å². The van der Waals surface area contributed by atoms with Gasteiger partial charge in [-0.15, -0.1) is 13.2 Å². The molecule has 0 atom stereocenters. The van der Waals surface area contributed by atoms with Crippen molar-refractivity contribution in [2.75, 3.05) is 0 Å². The minimum absolute atomic E-state index is 0.910. The van der Waals surface area contributed by atoms with Crippen LogP contribution in [0.4, 0.5) is 0 Å². The molecule has 4 rings (SSSR count). The maximum Gasteiger partial charge on any atom is -0.00238 e. The number of hydrogen-bond donors (Lipinski definition) is 0. The van der Waals surface area contributed by atoms with Crippen molar-refractivity contribution in [1.29, 1.82) is 0 Å². The van der Waals surface area contributed by atoms with Gasteiger partial charge < -0.3 is 0 Å². The van der Waals surface area contributed by atoms with E-state index in [1.54, 1.807) is 0 Å². The first-order valence-corrected chi connectivity index (χ1v) is 7.73. The molecule has 0 aliphatic carbocycles. The lowest BCUT2D eigenvalue weighted by Crippen LogP contribution is -1.91. The van der Waals surface area contributed by atoms with Gasteiger partial charge in [-0.05, 0) is 56.3 Å². The molecule has 0 spiro atoms. The molecule has 22 heavy (non-hydrogen) atoms. The van der Waals surface area contributed by atoms with Crippen LogP contribution >= 0.6 is 0 Å². The van der Waals surface area contributed by atoms with Gasteiger partial charge in [0, 0.05) is 0 Å². The molecule has 0 aromatic heterocycles. The van der Waals surface area contributed by atoms with Crippen molar-refractivity contribution in [1.82, 2.24) is 0 Å². The molecule has 106 valence electrons. The summed E-state index contributed by atoms with van der Waals surface area (Å²) in [5.41, 5.74) is 2.71. The number of rotatable bonds is 4. The van der Waals surface area contributed by atoms with E-state index in [2.05, 4.69) is 61.7 Å². The minimum atomic E-state index is 0.910. The average Bonchev–Trinajstić information content (AvgIpc) is 2.55. The van der Waals surface area contributed by atoms with Crippen molar-refractivity contribution >= 4 is 32.3 Å². The van der Waals surface area contributed by atoms with Crippen molar-refractivity contribution < 1.29 is 0 Å². The molecule has 0 radical (unpaired) electrons. The Kier molecular flexibility index (Phi) is 2.97. The van der Waals surface area contributed by atoms with Gasteiger partial charge in [-0.1, -0.05) is 60.7 Å². The van der Waals surface area contributed by atoms with E-state index in [0.717, 1.165) is 12.8 Å². The van der Waals surface area contributed by atoms with Crippen molar-refractivity contribution in [2.45, 2.75) is 12.8 Å². The molecule has 4 aromatic rings. The Bertz CT molecular complexity index is 922. The van der Waals surface area contributed by atoms with E-state index in [-0.39, 0.29) is 0 Å². The maximum absolute atomic E-state index is 3.89. The highest BCUT2D eigenvalue weighted by molar-refractivity contribution is 6.24. The molecule has 0 fully saturated rings. The fraction of sp³-hybridized carbons (Fsp3) is 0.0909. The molecule has 0 heterocycles. The molecule has 0 amide bonds. The third-order valence-corrected chi connectivity index (χ3v) is 4.57. The highest BCUT2D eigenvalue weighted by atomic mass is 14.2. The lowest BCUT2D eigenvalue weighted by atomic mass is 9.89. The molecule has 0 aliphatic rings. The van der Waals surface area contributed by atoms with Gasteiger partial charge in [0.15, 0.2) is 0 Å². The molecule has 0 heteroatoms.